The van der Waals surface area contributed by atoms with E-state index in [0.717, 1.165) is 25.8 Å². The van der Waals surface area contributed by atoms with Crippen LogP contribution in [0, 0.1) is 5.92 Å². The first kappa shape index (κ1) is 15.5. The summed E-state index contributed by atoms with van der Waals surface area (Å²) < 4.78 is 5.03. The number of amides is 1. The van der Waals surface area contributed by atoms with Gasteiger partial charge in [0.1, 0.15) is 0 Å². The van der Waals surface area contributed by atoms with Crippen molar-refractivity contribution >= 4 is 5.91 Å². The van der Waals surface area contributed by atoms with Gasteiger partial charge in [-0.3, -0.25) is 9.69 Å². The van der Waals surface area contributed by atoms with Gasteiger partial charge >= 0.3 is 0 Å². The fourth-order valence-corrected chi connectivity index (χ4v) is 4.01. The Morgan fingerprint density at radius 2 is 2.18 bits per heavy atom. The van der Waals surface area contributed by atoms with Crippen LogP contribution in [0.3, 0.4) is 0 Å². The van der Waals surface area contributed by atoms with Gasteiger partial charge in [0.15, 0.2) is 0 Å². The zero-order valence-corrected chi connectivity index (χ0v) is 13.3. The Bertz CT molecular complexity index is 491. The van der Waals surface area contributed by atoms with Crippen molar-refractivity contribution in [3.8, 4) is 0 Å². The molecule has 4 nitrogen and oxygen atoms in total. The van der Waals surface area contributed by atoms with Crippen molar-refractivity contribution in [3.05, 3.63) is 35.9 Å². The van der Waals surface area contributed by atoms with Gasteiger partial charge in [-0.25, -0.2) is 0 Å². The normalized spacial score (nSPS) is 27.8. The molecule has 0 saturated carbocycles. The van der Waals surface area contributed by atoms with Crippen LogP contribution in [0.15, 0.2) is 30.3 Å². The predicted molar refractivity (Wildman–Crippen MR) is 86.5 cm³/mol. The number of carbonyl (C=O) groups excluding carboxylic acids is 1. The highest BCUT2D eigenvalue weighted by Gasteiger charge is 2.46. The number of nitrogens with zero attached hydrogens (tertiary/aromatic N) is 1. The first-order chi connectivity index (χ1) is 10.8. The number of hydrogen-bond acceptors (Lipinski definition) is 3. The molecule has 2 aliphatic rings. The molecule has 1 aromatic rings. The molecule has 2 fully saturated rings. The Hall–Kier alpha value is -1.39. The average molecular weight is 302 g/mol. The number of rotatable bonds is 6. The summed E-state index contributed by atoms with van der Waals surface area (Å²) in [6.07, 6.45) is 4.19. The van der Waals surface area contributed by atoms with Gasteiger partial charge in [-0.15, -0.1) is 0 Å². The third-order valence-electron chi connectivity index (χ3n) is 5.03. The molecule has 2 saturated heterocycles. The van der Waals surface area contributed by atoms with Gasteiger partial charge in [0.05, 0.1) is 5.92 Å². The Morgan fingerprint density at radius 1 is 1.36 bits per heavy atom. The van der Waals surface area contributed by atoms with E-state index in [4.69, 9.17) is 4.74 Å². The molecule has 0 unspecified atom stereocenters. The molecule has 1 aromatic carbocycles. The number of methoxy groups -OCH3 is 1. The number of nitrogens with one attached hydrogen (secondary N) is 1. The molecule has 1 N–H and O–H groups in total. The van der Waals surface area contributed by atoms with E-state index in [2.05, 4.69) is 40.5 Å². The lowest BCUT2D eigenvalue weighted by atomic mass is 9.93. The van der Waals surface area contributed by atoms with E-state index in [0.29, 0.717) is 25.2 Å². The van der Waals surface area contributed by atoms with Gasteiger partial charge in [0.2, 0.25) is 5.91 Å². The van der Waals surface area contributed by atoms with Crippen LogP contribution < -0.4 is 5.32 Å². The molecule has 0 aliphatic carbocycles. The SMILES string of the molecule is COCCCNC(=O)[C@H]1C[C@@H](c2ccccc2)N2CCC[C@H]12. The number of benzene rings is 1. The summed E-state index contributed by atoms with van der Waals surface area (Å²) in [4.78, 5) is 15.1. The average Bonchev–Trinajstić information content (AvgIpc) is 3.14. The minimum atomic E-state index is 0.134. The van der Waals surface area contributed by atoms with Crippen LogP contribution in [-0.4, -0.2) is 43.7 Å². The van der Waals surface area contributed by atoms with E-state index in [-0.39, 0.29) is 11.8 Å². The molecule has 2 heterocycles. The van der Waals surface area contributed by atoms with Crippen LogP contribution in [0.5, 0.6) is 0 Å². The van der Waals surface area contributed by atoms with Crippen LogP contribution in [0.2, 0.25) is 0 Å². The molecule has 0 spiro atoms. The predicted octanol–water partition coefficient (Wildman–Crippen LogP) is 2.36. The highest BCUT2D eigenvalue weighted by Crippen LogP contribution is 2.44. The monoisotopic (exact) mass is 302 g/mol. The maximum absolute atomic E-state index is 12.5. The van der Waals surface area contributed by atoms with E-state index in [9.17, 15) is 4.79 Å². The lowest BCUT2D eigenvalue weighted by Crippen LogP contribution is -2.38. The zero-order valence-electron chi connectivity index (χ0n) is 13.3. The molecular formula is C18H26N2O2. The lowest BCUT2D eigenvalue weighted by Gasteiger charge is -2.24. The number of carbonyl (C=O) groups is 1. The summed E-state index contributed by atoms with van der Waals surface area (Å²) in [5, 5.41) is 3.10. The first-order valence-electron chi connectivity index (χ1n) is 8.38. The van der Waals surface area contributed by atoms with Crippen molar-refractivity contribution in [1.82, 2.24) is 10.2 Å². The van der Waals surface area contributed by atoms with Crippen molar-refractivity contribution in [3.63, 3.8) is 0 Å². The fourth-order valence-electron chi connectivity index (χ4n) is 4.01. The molecule has 0 bridgehead atoms. The second-order valence-electron chi connectivity index (χ2n) is 6.35. The van der Waals surface area contributed by atoms with Crippen LogP contribution >= 0.6 is 0 Å². The van der Waals surface area contributed by atoms with Gasteiger partial charge in [0.25, 0.3) is 0 Å². The summed E-state index contributed by atoms with van der Waals surface area (Å²) in [5.74, 6) is 0.363. The van der Waals surface area contributed by atoms with Crippen molar-refractivity contribution in [2.24, 2.45) is 5.92 Å². The minimum Gasteiger partial charge on any atom is -0.385 e. The Morgan fingerprint density at radius 3 is 2.95 bits per heavy atom. The molecule has 22 heavy (non-hydrogen) atoms. The summed E-state index contributed by atoms with van der Waals surface area (Å²) in [5.41, 5.74) is 1.35. The minimum absolute atomic E-state index is 0.134. The van der Waals surface area contributed by atoms with Crippen LogP contribution in [0.25, 0.3) is 0 Å². The van der Waals surface area contributed by atoms with Crippen molar-refractivity contribution < 1.29 is 9.53 Å². The quantitative estimate of drug-likeness (QED) is 0.820. The van der Waals surface area contributed by atoms with Gasteiger partial charge in [-0.05, 0) is 37.8 Å². The topological polar surface area (TPSA) is 41.6 Å². The van der Waals surface area contributed by atoms with Crippen molar-refractivity contribution in [2.45, 2.75) is 37.8 Å². The Kier molecular flexibility index (Phi) is 5.11. The number of hydrogen-bond donors (Lipinski definition) is 1. The van der Waals surface area contributed by atoms with Crippen LogP contribution in [0.1, 0.15) is 37.3 Å². The lowest BCUT2D eigenvalue weighted by molar-refractivity contribution is -0.125. The molecule has 1 amide bonds. The van der Waals surface area contributed by atoms with Gasteiger partial charge < -0.3 is 10.1 Å². The maximum atomic E-state index is 12.5. The van der Waals surface area contributed by atoms with E-state index in [1.165, 1.54) is 12.0 Å². The molecule has 120 valence electrons. The summed E-state index contributed by atoms with van der Waals surface area (Å²) in [6, 6.07) is 11.5. The molecule has 0 radical (unpaired) electrons. The summed E-state index contributed by atoms with van der Waals surface area (Å²) in [7, 11) is 1.69. The van der Waals surface area contributed by atoms with Gasteiger partial charge in [-0.2, -0.15) is 0 Å². The third-order valence-corrected chi connectivity index (χ3v) is 5.03. The van der Waals surface area contributed by atoms with E-state index >= 15 is 0 Å². The molecule has 4 heteroatoms. The first-order valence-corrected chi connectivity index (χ1v) is 8.38. The highest BCUT2D eigenvalue weighted by molar-refractivity contribution is 5.80. The highest BCUT2D eigenvalue weighted by atomic mass is 16.5. The second kappa shape index (κ2) is 7.25. The van der Waals surface area contributed by atoms with E-state index in [1.54, 1.807) is 7.11 Å². The molecular weight excluding hydrogens is 276 g/mol. The second-order valence-corrected chi connectivity index (χ2v) is 6.35. The Labute approximate surface area is 132 Å². The largest absolute Gasteiger partial charge is 0.385 e. The van der Waals surface area contributed by atoms with E-state index in [1.807, 2.05) is 0 Å². The summed E-state index contributed by atoms with van der Waals surface area (Å²) in [6.45, 7) is 2.54. The summed E-state index contributed by atoms with van der Waals surface area (Å²) >= 11 is 0. The molecule has 3 rings (SSSR count). The molecule has 0 aromatic heterocycles. The van der Waals surface area contributed by atoms with Gasteiger partial charge in [0, 0.05) is 32.3 Å². The molecule has 3 atom stereocenters. The zero-order chi connectivity index (χ0) is 15.4. The van der Waals surface area contributed by atoms with Crippen LogP contribution in [-0.2, 0) is 9.53 Å². The van der Waals surface area contributed by atoms with Crippen molar-refractivity contribution in [2.75, 3.05) is 26.8 Å². The van der Waals surface area contributed by atoms with E-state index < -0.39 is 0 Å². The standard InChI is InChI=1S/C18H26N2O2/c1-22-12-6-10-19-18(21)15-13-17(14-7-3-2-4-8-14)20-11-5-9-16(15)20/h2-4,7-8,15-17H,5-6,9-13H2,1H3,(H,19,21)/t15-,16+,17-/m0/s1. The number of ether oxygens (including phenoxy) is 1. The Balaban J connectivity index is 1.64. The van der Waals surface area contributed by atoms with Gasteiger partial charge in [-0.1, -0.05) is 30.3 Å². The fraction of sp³-hybridized carbons (Fsp3) is 0.611. The number of fused-ring (bicyclic) bond motifs is 1. The van der Waals surface area contributed by atoms with Crippen molar-refractivity contribution in [1.29, 1.82) is 0 Å². The van der Waals surface area contributed by atoms with Crippen LogP contribution in [0.4, 0.5) is 0 Å². The maximum Gasteiger partial charge on any atom is 0.224 e. The third kappa shape index (κ3) is 3.18. The smallest absolute Gasteiger partial charge is 0.224 e. The molecule has 2 aliphatic heterocycles.